The van der Waals surface area contributed by atoms with Crippen LogP contribution in [0.1, 0.15) is 373 Å². The number of carbonyl (C=O) groups is 18. The fourth-order valence-electron chi connectivity index (χ4n) is 16.4. The summed E-state index contributed by atoms with van der Waals surface area (Å²) in [6.45, 7) is 26.0. The second-order valence-electron chi connectivity index (χ2n) is 40.9. The van der Waals surface area contributed by atoms with E-state index < -0.39 is 191 Å². The standard InChI is InChI=1S/C103H197N25O18/c1-15-16-17-18-19-20-21-22-23-24-25-26-28-52-86(129)112-61-44-36-45-75(88(111)131)119-89(132)70(10)113-94(137)77(47-31-39-56-106)120-90(133)71(11)114-101(144)83(63-67(4)5)126-97(140)80(50-34-42-59-109)123-93(136)74(14)117-103(146)85(65-69(8)9)128-99(142)81(51-35-43-60-110)124-96(139)78(48-32-40-57-107)121-91(134)72(12)116-102(145)84(64-68(6)7)127-98(141)79(49-33-41-58-108)122-92(135)73(13)115-100(143)82(62-66(2)3)125-95(138)76(46-30-38-55-105)118-87(130)53-29-27-37-54-104/h66-85H,15-65,104-110H2,1-14H3,(H2,111,131)(H,112,129)(H,113,137)(H,114,144)(H,115,143)(H,116,145)(H,117,146)(H,118,130)(H,119,132)(H,120,133)(H,121,134)(H,122,135)(H,123,136)(H,124,139)(H,125,138)(H,126,140)(H,127,141)(H,128,142)/t70-,71-,72-,73-,74-,75-,76-,77-,78-,79-,80-,81-,82-,83-,84-,85-/m1/s1. The van der Waals surface area contributed by atoms with Gasteiger partial charge in [0, 0.05) is 19.4 Å². The molecule has 0 bridgehead atoms. The van der Waals surface area contributed by atoms with E-state index in [2.05, 4.69) is 97.3 Å². The van der Waals surface area contributed by atoms with Crippen LogP contribution in [-0.4, -0.2) is 255 Å². The Morgan fingerprint density at radius 3 is 0.603 bits per heavy atom. The maximum atomic E-state index is 14.7. The molecular formula is C103H197N25O18. The van der Waals surface area contributed by atoms with Crippen molar-refractivity contribution in [2.45, 2.75) is 470 Å². The van der Waals surface area contributed by atoms with Crippen LogP contribution < -0.4 is 136 Å². The molecule has 16 atom stereocenters. The quantitative estimate of drug-likeness (QED) is 0.0389. The van der Waals surface area contributed by atoms with Crippen LogP contribution in [0.5, 0.6) is 0 Å². The third-order valence-electron chi connectivity index (χ3n) is 25.1. The first-order valence-electron chi connectivity index (χ1n) is 54.7. The zero-order chi connectivity index (χ0) is 110. The number of amides is 18. The van der Waals surface area contributed by atoms with E-state index in [1.807, 2.05) is 13.8 Å². The molecule has 0 aromatic rings. The van der Waals surface area contributed by atoms with Crippen molar-refractivity contribution in [2.24, 2.45) is 69.5 Å². The van der Waals surface area contributed by atoms with Crippen LogP contribution in [0.2, 0.25) is 0 Å². The van der Waals surface area contributed by atoms with Crippen molar-refractivity contribution in [3.63, 3.8) is 0 Å². The van der Waals surface area contributed by atoms with Gasteiger partial charge in [-0.05, 0) is 284 Å². The highest BCUT2D eigenvalue weighted by Crippen LogP contribution is 2.19. The fourth-order valence-corrected chi connectivity index (χ4v) is 16.4. The Morgan fingerprint density at radius 2 is 0.363 bits per heavy atom. The molecule has 0 fully saturated rings. The third kappa shape index (κ3) is 63.8. The summed E-state index contributed by atoms with van der Waals surface area (Å²) in [7, 11) is 0. The maximum Gasteiger partial charge on any atom is 0.243 e. The van der Waals surface area contributed by atoms with Crippen LogP contribution in [0.15, 0.2) is 0 Å². The van der Waals surface area contributed by atoms with Gasteiger partial charge in [0.15, 0.2) is 0 Å². The first-order chi connectivity index (χ1) is 69.4. The zero-order valence-electron chi connectivity index (χ0n) is 91.1. The highest BCUT2D eigenvalue weighted by atomic mass is 16.2. The Balaban J connectivity index is 6.57. The van der Waals surface area contributed by atoms with Crippen LogP contribution >= 0.6 is 0 Å². The summed E-state index contributed by atoms with van der Waals surface area (Å²) >= 11 is 0. The summed E-state index contributed by atoms with van der Waals surface area (Å²) < 4.78 is 0. The number of rotatable bonds is 88. The van der Waals surface area contributed by atoms with Gasteiger partial charge in [0.25, 0.3) is 0 Å². The van der Waals surface area contributed by atoms with Gasteiger partial charge in [-0.3, -0.25) is 86.3 Å². The van der Waals surface area contributed by atoms with E-state index in [-0.39, 0.29) is 145 Å². The van der Waals surface area contributed by atoms with Crippen molar-refractivity contribution in [3.05, 3.63) is 0 Å². The molecule has 0 unspecified atom stereocenters. The van der Waals surface area contributed by atoms with Crippen LogP contribution in [0, 0.1) is 23.7 Å². The molecule has 0 rings (SSSR count). The average Bonchev–Trinajstić information content (AvgIpc) is 0.851. The first kappa shape index (κ1) is 136. The minimum absolute atomic E-state index is 0.00559. The van der Waals surface area contributed by atoms with Crippen molar-refractivity contribution in [3.8, 4) is 0 Å². The first-order valence-corrected chi connectivity index (χ1v) is 54.7. The summed E-state index contributed by atoms with van der Waals surface area (Å²) in [4.78, 5) is 252. The molecule has 0 aliphatic heterocycles. The molecule has 0 heterocycles. The molecule has 842 valence electrons. The lowest BCUT2D eigenvalue weighted by molar-refractivity contribution is -0.136. The summed E-state index contributed by atoms with van der Waals surface area (Å²) in [5, 5.41) is 46.1. The predicted molar refractivity (Wildman–Crippen MR) is 568 cm³/mol. The summed E-state index contributed by atoms with van der Waals surface area (Å²) in [5.74, 6) is -13.5. The van der Waals surface area contributed by atoms with Gasteiger partial charge in [-0.15, -0.1) is 0 Å². The molecule has 0 aromatic heterocycles. The minimum Gasteiger partial charge on any atom is -0.368 e. The number of nitrogens with two attached hydrogens (primary N) is 8. The van der Waals surface area contributed by atoms with E-state index in [0.29, 0.717) is 122 Å². The van der Waals surface area contributed by atoms with E-state index in [1.54, 1.807) is 41.5 Å². The van der Waals surface area contributed by atoms with Gasteiger partial charge >= 0.3 is 0 Å². The van der Waals surface area contributed by atoms with Crippen LogP contribution in [0.4, 0.5) is 0 Å². The van der Waals surface area contributed by atoms with Gasteiger partial charge in [0.1, 0.15) is 96.7 Å². The maximum absolute atomic E-state index is 14.7. The van der Waals surface area contributed by atoms with Gasteiger partial charge in [-0.2, -0.15) is 0 Å². The molecule has 0 aliphatic carbocycles. The Labute approximate surface area is 870 Å². The molecule has 18 amide bonds. The molecular weight excluding hydrogens is 1880 g/mol. The average molecular weight is 2070 g/mol. The molecule has 0 radical (unpaired) electrons. The Kier molecular flexibility index (Phi) is 76.6. The lowest BCUT2D eigenvalue weighted by Crippen LogP contribution is -2.60. The number of primary amides is 1. The molecule has 0 aromatic carbocycles. The van der Waals surface area contributed by atoms with Gasteiger partial charge in [-0.1, -0.05) is 146 Å². The van der Waals surface area contributed by atoms with E-state index in [1.165, 1.54) is 98.8 Å². The molecule has 0 saturated heterocycles. The number of nitrogens with one attached hydrogen (secondary N) is 17. The molecule has 43 heteroatoms. The summed E-state index contributed by atoms with van der Waals surface area (Å²) in [6.07, 6.45) is 25.2. The SMILES string of the molecule is CCCCCCCCCCCCCCCC(=O)NCCCC[C@@H](NC(=O)[C@@H](C)NC(=O)[C@@H](CCCCN)NC(=O)[C@@H](C)NC(=O)[C@@H](CC(C)C)NC(=O)[C@@H](CCCCN)NC(=O)[C@@H](C)NC(=O)[C@@H](CC(C)C)NC(=O)[C@@H](CCCCN)NC(=O)[C@@H](CCCCN)NC(=O)[C@@H](C)NC(=O)[C@@H](CC(C)C)NC(=O)[C@@H](CCCCN)NC(=O)[C@@H](C)NC(=O)[C@@H](CC(C)C)NC(=O)[C@@H](CCCCN)NC(=O)CCCCCN)C(N)=O. The van der Waals surface area contributed by atoms with Crippen LogP contribution in [0.3, 0.4) is 0 Å². The van der Waals surface area contributed by atoms with Crippen molar-refractivity contribution < 1.29 is 86.3 Å². The Bertz CT molecular complexity index is 3810. The van der Waals surface area contributed by atoms with E-state index in [9.17, 15) is 86.3 Å². The number of carbonyl (C=O) groups excluding carboxylic acids is 18. The lowest BCUT2D eigenvalue weighted by atomic mass is 10.0. The number of hydrogen-bond acceptors (Lipinski definition) is 25. The van der Waals surface area contributed by atoms with Crippen molar-refractivity contribution in [1.82, 2.24) is 90.4 Å². The molecule has 0 saturated carbocycles. The molecule has 33 N–H and O–H groups in total. The van der Waals surface area contributed by atoms with E-state index in [4.69, 9.17) is 45.9 Å². The Hall–Kier alpha value is -9.82. The van der Waals surface area contributed by atoms with Gasteiger partial charge in [-0.25, -0.2) is 0 Å². The normalized spacial score (nSPS) is 14.7. The summed E-state index contributed by atoms with van der Waals surface area (Å²) in [6, 6.07) is -20.1. The lowest BCUT2D eigenvalue weighted by Gasteiger charge is -2.28. The highest BCUT2D eigenvalue weighted by molar-refractivity contribution is 6.01. The van der Waals surface area contributed by atoms with Gasteiger partial charge < -0.3 is 136 Å². The topological polar surface area (TPSA) is 720 Å². The second kappa shape index (κ2) is 82.1. The largest absolute Gasteiger partial charge is 0.368 e. The van der Waals surface area contributed by atoms with Crippen LogP contribution in [0.25, 0.3) is 0 Å². The molecule has 0 aliphatic rings. The van der Waals surface area contributed by atoms with Crippen molar-refractivity contribution in [1.29, 1.82) is 0 Å². The fraction of sp³-hybridized carbons (Fsp3) is 0.825. The summed E-state index contributed by atoms with van der Waals surface area (Å²) in [5.41, 5.74) is 46.4. The van der Waals surface area contributed by atoms with E-state index >= 15 is 0 Å². The van der Waals surface area contributed by atoms with Crippen molar-refractivity contribution >= 4 is 106 Å². The predicted octanol–water partition coefficient (Wildman–Crippen LogP) is 2.57. The minimum atomic E-state index is -1.37. The second-order valence-corrected chi connectivity index (χ2v) is 40.9. The zero-order valence-corrected chi connectivity index (χ0v) is 91.1. The van der Waals surface area contributed by atoms with E-state index in [0.717, 1.165) is 32.1 Å². The third-order valence-corrected chi connectivity index (χ3v) is 25.1. The number of unbranched alkanes of at least 4 members (excludes halogenated alkanes) is 21. The van der Waals surface area contributed by atoms with Crippen molar-refractivity contribution in [2.75, 3.05) is 52.4 Å². The molecule has 43 nitrogen and oxygen atoms in total. The number of hydrogen-bond donors (Lipinski definition) is 25. The smallest absolute Gasteiger partial charge is 0.243 e. The van der Waals surface area contributed by atoms with Gasteiger partial charge in [0.05, 0.1) is 0 Å². The monoisotopic (exact) mass is 2070 g/mol. The highest BCUT2D eigenvalue weighted by Gasteiger charge is 2.39. The Morgan fingerprint density at radius 1 is 0.185 bits per heavy atom. The van der Waals surface area contributed by atoms with Crippen LogP contribution in [-0.2, 0) is 86.3 Å². The molecule has 0 spiro atoms. The van der Waals surface area contributed by atoms with Gasteiger partial charge in [0.2, 0.25) is 106 Å². The molecule has 146 heavy (non-hydrogen) atoms.